The number of benzene rings is 2. The number of nitrogens with zero attached hydrogens (tertiary/aromatic N) is 1. The van der Waals surface area contributed by atoms with Crippen LogP contribution in [-0.4, -0.2) is 36.2 Å². The van der Waals surface area contributed by atoms with E-state index in [0.29, 0.717) is 23.4 Å². The fourth-order valence-electron chi connectivity index (χ4n) is 3.57. The van der Waals surface area contributed by atoms with Gasteiger partial charge in [0.25, 0.3) is 5.91 Å². The third-order valence-electron chi connectivity index (χ3n) is 4.88. The number of rotatable bonds is 3. The fourth-order valence-corrected chi connectivity index (χ4v) is 4.51. The molecule has 2 amide bonds. The smallest absolute Gasteiger partial charge is 0.338 e. The summed E-state index contributed by atoms with van der Waals surface area (Å²) in [6, 6.07) is 12.8. The highest BCUT2D eigenvalue weighted by Gasteiger charge is 2.31. The number of ether oxygens (including phenoxy) is 1. The van der Waals surface area contributed by atoms with E-state index in [1.54, 1.807) is 34.9 Å². The van der Waals surface area contributed by atoms with Crippen molar-refractivity contribution in [1.82, 2.24) is 0 Å². The zero-order valence-electron chi connectivity index (χ0n) is 15.4. The van der Waals surface area contributed by atoms with Crippen molar-refractivity contribution in [2.75, 3.05) is 22.6 Å². The summed E-state index contributed by atoms with van der Waals surface area (Å²) in [6.07, 6.45) is 1.22. The molecular formula is C21H20N2O4S. The lowest BCUT2D eigenvalue weighted by Gasteiger charge is -2.22. The monoisotopic (exact) mass is 396 g/mol. The predicted molar refractivity (Wildman–Crippen MR) is 108 cm³/mol. The molecular weight excluding hydrogens is 376 g/mol. The molecule has 1 N–H and O–H groups in total. The van der Waals surface area contributed by atoms with Crippen molar-refractivity contribution in [2.24, 2.45) is 0 Å². The first-order chi connectivity index (χ1) is 13.5. The van der Waals surface area contributed by atoms with Gasteiger partial charge in [-0.3, -0.25) is 9.59 Å². The van der Waals surface area contributed by atoms with Crippen LogP contribution in [0.1, 0.15) is 29.3 Å². The van der Waals surface area contributed by atoms with Gasteiger partial charge in [-0.2, -0.15) is 0 Å². The van der Waals surface area contributed by atoms with Crippen LogP contribution in [0.2, 0.25) is 0 Å². The second kappa shape index (κ2) is 7.67. The maximum Gasteiger partial charge on any atom is 0.338 e. The molecule has 2 aliphatic rings. The SMILES string of the molecule is C[C@@H]1Cc2ccccc2N1C(=O)COC(=O)c1ccc2c(c1)NC(=O)CCS2. The molecule has 0 saturated carbocycles. The molecule has 2 aromatic carbocycles. The minimum Gasteiger partial charge on any atom is -0.452 e. The third kappa shape index (κ3) is 3.62. The van der Waals surface area contributed by atoms with Crippen LogP contribution in [0.25, 0.3) is 0 Å². The molecule has 2 aliphatic heterocycles. The highest BCUT2D eigenvalue weighted by Crippen LogP contribution is 2.33. The van der Waals surface area contributed by atoms with Crippen molar-refractivity contribution in [3.05, 3.63) is 53.6 Å². The van der Waals surface area contributed by atoms with E-state index in [9.17, 15) is 14.4 Å². The summed E-state index contributed by atoms with van der Waals surface area (Å²) < 4.78 is 5.27. The fraction of sp³-hybridized carbons (Fsp3) is 0.286. The second-order valence-electron chi connectivity index (χ2n) is 6.88. The molecule has 0 unspecified atom stereocenters. The zero-order valence-corrected chi connectivity index (χ0v) is 16.3. The van der Waals surface area contributed by atoms with Gasteiger partial charge in [-0.05, 0) is 43.2 Å². The van der Waals surface area contributed by atoms with E-state index in [1.165, 1.54) is 0 Å². The predicted octanol–water partition coefficient (Wildman–Crippen LogP) is 3.26. The van der Waals surface area contributed by atoms with Crippen molar-refractivity contribution in [3.8, 4) is 0 Å². The Balaban J connectivity index is 1.44. The lowest BCUT2D eigenvalue weighted by molar-refractivity contribution is -0.122. The Bertz CT molecular complexity index is 959. The highest BCUT2D eigenvalue weighted by atomic mass is 32.2. The first-order valence-electron chi connectivity index (χ1n) is 9.17. The number of nitrogens with one attached hydrogen (secondary N) is 1. The summed E-state index contributed by atoms with van der Waals surface area (Å²) >= 11 is 1.57. The van der Waals surface area contributed by atoms with E-state index < -0.39 is 5.97 Å². The maximum atomic E-state index is 12.7. The van der Waals surface area contributed by atoms with Crippen LogP contribution in [0.5, 0.6) is 0 Å². The van der Waals surface area contributed by atoms with E-state index in [1.807, 2.05) is 31.2 Å². The van der Waals surface area contributed by atoms with Gasteiger partial charge in [-0.1, -0.05) is 18.2 Å². The van der Waals surface area contributed by atoms with E-state index >= 15 is 0 Å². The Kier molecular flexibility index (Phi) is 5.09. The minimum atomic E-state index is -0.584. The number of hydrogen-bond donors (Lipinski definition) is 1. The molecule has 4 rings (SSSR count). The Morgan fingerprint density at radius 1 is 1.25 bits per heavy atom. The number of anilines is 2. The molecule has 2 heterocycles. The van der Waals surface area contributed by atoms with Gasteiger partial charge >= 0.3 is 5.97 Å². The van der Waals surface area contributed by atoms with Crippen molar-refractivity contribution >= 4 is 40.9 Å². The van der Waals surface area contributed by atoms with Crippen molar-refractivity contribution in [3.63, 3.8) is 0 Å². The lowest BCUT2D eigenvalue weighted by atomic mass is 10.1. The molecule has 0 aliphatic carbocycles. The van der Waals surface area contributed by atoms with Crippen LogP contribution >= 0.6 is 11.8 Å². The molecule has 28 heavy (non-hydrogen) atoms. The number of para-hydroxylation sites is 1. The van der Waals surface area contributed by atoms with Crippen LogP contribution in [0, 0.1) is 0 Å². The van der Waals surface area contributed by atoms with Crippen LogP contribution in [0.4, 0.5) is 11.4 Å². The minimum absolute atomic E-state index is 0.0309. The Morgan fingerprint density at radius 2 is 2.07 bits per heavy atom. The highest BCUT2D eigenvalue weighted by molar-refractivity contribution is 7.99. The maximum absolute atomic E-state index is 12.7. The van der Waals surface area contributed by atoms with Crippen molar-refractivity contribution in [2.45, 2.75) is 30.7 Å². The topological polar surface area (TPSA) is 75.7 Å². The molecule has 0 radical (unpaired) electrons. The van der Waals surface area contributed by atoms with Crippen molar-refractivity contribution < 1.29 is 19.1 Å². The number of hydrogen-bond acceptors (Lipinski definition) is 5. The largest absolute Gasteiger partial charge is 0.452 e. The molecule has 0 fully saturated rings. The van der Waals surface area contributed by atoms with Gasteiger partial charge < -0.3 is 15.0 Å². The van der Waals surface area contributed by atoms with Gasteiger partial charge in [0.2, 0.25) is 5.91 Å². The number of fused-ring (bicyclic) bond motifs is 2. The molecule has 6 nitrogen and oxygen atoms in total. The Hall–Kier alpha value is -2.80. The van der Waals surface area contributed by atoms with Crippen LogP contribution < -0.4 is 10.2 Å². The van der Waals surface area contributed by atoms with Gasteiger partial charge in [0.15, 0.2) is 6.61 Å². The standard InChI is InChI=1S/C21H20N2O4S/c1-13-10-14-4-2-3-5-17(14)23(13)20(25)12-27-21(26)15-6-7-18-16(11-15)22-19(24)8-9-28-18/h2-7,11,13H,8-10,12H2,1H3,(H,22,24)/t13-/m1/s1. The molecule has 2 aromatic rings. The summed E-state index contributed by atoms with van der Waals surface area (Å²) in [5.41, 5.74) is 2.91. The molecule has 144 valence electrons. The molecule has 0 saturated heterocycles. The summed E-state index contributed by atoms with van der Waals surface area (Å²) in [5.74, 6) is -0.204. The van der Waals surface area contributed by atoms with E-state index in [-0.39, 0.29) is 24.5 Å². The molecule has 0 spiro atoms. The van der Waals surface area contributed by atoms with E-state index in [4.69, 9.17) is 4.74 Å². The quantitative estimate of drug-likeness (QED) is 0.806. The van der Waals surface area contributed by atoms with Crippen molar-refractivity contribution in [1.29, 1.82) is 0 Å². The summed E-state index contributed by atoms with van der Waals surface area (Å²) in [6.45, 7) is 1.65. The second-order valence-corrected chi connectivity index (χ2v) is 8.02. The molecule has 1 atom stereocenters. The lowest BCUT2D eigenvalue weighted by Crippen LogP contribution is -2.38. The number of esters is 1. The average molecular weight is 396 g/mol. The number of amides is 2. The molecule has 0 aromatic heterocycles. The van der Waals surface area contributed by atoms with Crippen LogP contribution in [-0.2, 0) is 20.7 Å². The van der Waals surface area contributed by atoms with Crippen LogP contribution in [0.15, 0.2) is 47.4 Å². The van der Waals surface area contributed by atoms with E-state index in [2.05, 4.69) is 5.32 Å². The normalized spacial score (nSPS) is 18.0. The summed E-state index contributed by atoms with van der Waals surface area (Å²) in [4.78, 5) is 39.4. The molecule has 7 heteroatoms. The van der Waals surface area contributed by atoms with Gasteiger partial charge in [0.05, 0.1) is 11.3 Å². The van der Waals surface area contributed by atoms with Gasteiger partial charge in [0, 0.05) is 28.8 Å². The first-order valence-corrected chi connectivity index (χ1v) is 10.2. The van der Waals surface area contributed by atoms with E-state index in [0.717, 1.165) is 22.6 Å². The summed E-state index contributed by atoms with van der Waals surface area (Å²) in [5, 5.41) is 2.80. The van der Waals surface area contributed by atoms with Crippen LogP contribution in [0.3, 0.4) is 0 Å². The Labute approximate surface area is 167 Å². The first kappa shape index (κ1) is 18.6. The van der Waals surface area contributed by atoms with Gasteiger partial charge in [-0.25, -0.2) is 4.79 Å². The average Bonchev–Trinajstić information content (AvgIpc) is 2.90. The third-order valence-corrected chi connectivity index (χ3v) is 5.95. The number of carbonyl (C=O) groups excluding carboxylic acids is 3. The van der Waals surface area contributed by atoms with Gasteiger partial charge in [0.1, 0.15) is 0 Å². The molecule has 0 bridgehead atoms. The Morgan fingerprint density at radius 3 is 2.93 bits per heavy atom. The van der Waals surface area contributed by atoms with Gasteiger partial charge in [-0.15, -0.1) is 11.8 Å². The number of thioether (sulfide) groups is 1. The zero-order chi connectivity index (χ0) is 19.7. The number of carbonyl (C=O) groups is 3. The summed E-state index contributed by atoms with van der Waals surface area (Å²) in [7, 11) is 0.